The Bertz CT molecular complexity index is 1220. The summed E-state index contributed by atoms with van der Waals surface area (Å²) in [6, 6.07) is 30.2. The van der Waals surface area contributed by atoms with E-state index in [1.54, 1.807) is 24.3 Å². The van der Waals surface area contributed by atoms with Gasteiger partial charge in [0.1, 0.15) is 5.03 Å². The van der Waals surface area contributed by atoms with Crippen LogP contribution in [-0.4, -0.2) is 16.8 Å². The van der Waals surface area contributed by atoms with Gasteiger partial charge < -0.3 is 0 Å². The molecule has 4 aromatic rings. The van der Waals surface area contributed by atoms with Gasteiger partial charge in [0.15, 0.2) is 0 Å². The number of pyridine rings is 1. The molecule has 0 radical (unpaired) electrons. The third-order valence-electron chi connectivity index (χ3n) is 4.90. The van der Waals surface area contributed by atoms with Gasteiger partial charge in [-0.1, -0.05) is 72.4 Å². The molecule has 1 aliphatic heterocycles. The van der Waals surface area contributed by atoms with E-state index in [1.807, 2.05) is 72.8 Å². The van der Waals surface area contributed by atoms with Crippen LogP contribution < -0.4 is 4.90 Å². The molecule has 2 amide bonds. The first-order valence-corrected chi connectivity index (χ1v) is 10.3. The van der Waals surface area contributed by atoms with Crippen LogP contribution in [-0.2, 0) is 0 Å². The summed E-state index contributed by atoms with van der Waals surface area (Å²) in [6.45, 7) is 0. The molecule has 4 nitrogen and oxygen atoms in total. The van der Waals surface area contributed by atoms with E-state index < -0.39 is 0 Å². The van der Waals surface area contributed by atoms with Gasteiger partial charge in [-0.2, -0.15) is 0 Å². The monoisotopic (exact) mass is 408 g/mol. The second kappa shape index (κ2) is 7.61. The molecule has 0 N–H and O–H groups in total. The summed E-state index contributed by atoms with van der Waals surface area (Å²) in [5, 5.41) is 0.792. The Balaban J connectivity index is 1.62. The Morgan fingerprint density at radius 2 is 1.20 bits per heavy atom. The number of nitrogens with zero attached hydrogens (tertiary/aromatic N) is 2. The van der Waals surface area contributed by atoms with Crippen molar-refractivity contribution in [2.45, 2.75) is 9.92 Å². The Labute approximate surface area is 178 Å². The van der Waals surface area contributed by atoms with E-state index in [2.05, 4.69) is 0 Å². The molecule has 0 atom stereocenters. The highest BCUT2D eigenvalue weighted by atomic mass is 32.2. The Morgan fingerprint density at radius 3 is 1.83 bits per heavy atom. The molecule has 1 aromatic heterocycles. The van der Waals surface area contributed by atoms with Gasteiger partial charge in [0.05, 0.1) is 22.5 Å². The predicted molar refractivity (Wildman–Crippen MR) is 118 cm³/mol. The molecule has 1 aliphatic rings. The van der Waals surface area contributed by atoms with Crippen molar-refractivity contribution in [2.75, 3.05) is 4.90 Å². The number of carbonyl (C=O) groups is 2. The van der Waals surface area contributed by atoms with Crippen molar-refractivity contribution in [3.63, 3.8) is 0 Å². The van der Waals surface area contributed by atoms with Crippen molar-refractivity contribution < 1.29 is 9.59 Å². The number of anilines is 1. The van der Waals surface area contributed by atoms with Crippen molar-refractivity contribution in [3.8, 4) is 11.3 Å². The lowest BCUT2D eigenvalue weighted by atomic mass is 10.1. The van der Waals surface area contributed by atoms with Crippen molar-refractivity contribution >= 4 is 29.3 Å². The topological polar surface area (TPSA) is 50.3 Å². The van der Waals surface area contributed by atoms with E-state index in [1.165, 1.54) is 16.7 Å². The van der Waals surface area contributed by atoms with Crippen molar-refractivity contribution in [1.82, 2.24) is 4.98 Å². The Hall–Kier alpha value is -3.70. The number of aromatic nitrogens is 1. The normalized spacial score (nSPS) is 12.9. The number of fused-ring (bicyclic) bond motifs is 1. The maximum atomic E-state index is 13.0. The fraction of sp³-hybridized carbons (Fsp3) is 0. The summed E-state index contributed by atoms with van der Waals surface area (Å²) in [5.74, 6) is -0.643. The highest BCUT2D eigenvalue weighted by Gasteiger charge is 2.37. The second-order valence-electron chi connectivity index (χ2n) is 6.79. The van der Waals surface area contributed by atoms with Crippen molar-refractivity contribution in [1.29, 1.82) is 0 Å². The highest BCUT2D eigenvalue weighted by molar-refractivity contribution is 7.99. The van der Waals surface area contributed by atoms with Crippen molar-refractivity contribution in [2.24, 2.45) is 0 Å². The van der Waals surface area contributed by atoms with Gasteiger partial charge in [-0.05, 0) is 36.4 Å². The van der Waals surface area contributed by atoms with Gasteiger partial charge in [-0.3, -0.25) is 9.59 Å². The Kier molecular flexibility index (Phi) is 4.65. The number of hydrogen-bond acceptors (Lipinski definition) is 4. The summed E-state index contributed by atoms with van der Waals surface area (Å²) in [6.07, 6.45) is 0. The molecule has 3 aromatic carbocycles. The molecule has 0 aliphatic carbocycles. The van der Waals surface area contributed by atoms with Gasteiger partial charge in [-0.25, -0.2) is 9.88 Å². The summed E-state index contributed by atoms with van der Waals surface area (Å²) in [5.41, 5.74) is 2.78. The summed E-state index contributed by atoms with van der Waals surface area (Å²) >= 11 is 1.54. The van der Waals surface area contributed by atoms with E-state index in [0.717, 1.165) is 15.5 Å². The van der Waals surface area contributed by atoms with Crippen LogP contribution in [0.5, 0.6) is 0 Å². The molecule has 2 heterocycles. The SMILES string of the molecule is O=C1c2ccccc2C(=O)N1c1ccc(Sc2ccccc2)nc1-c1ccccc1. The zero-order valence-electron chi connectivity index (χ0n) is 15.9. The summed E-state index contributed by atoms with van der Waals surface area (Å²) in [7, 11) is 0. The molecule has 0 bridgehead atoms. The fourth-order valence-corrected chi connectivity index (χ4v) is 4.30. The minimum absolute atomic E-state index is 0.321. The third-order valence-corrected chi connectivity index (χ3v) is 5.84. The standard InChI is InChI=1S/C25H16N2O2S/c28-24-19-13-7-8-14-20(19)25(29)27(24)21-15-16-22(30-18-11-5-2-6-12-18)26-23(21)17-9-3-1-4-10-17/h1-16H. The fourth-order valence-electron chi connectivity index (χ4n) is 3.50. The highest BCUT2D eigenvalue weighted by Crippen LogP contribution is 2.37. The molecule has 0 unspecified atom stereocenters. The predicted octanol–water partition coefficient (Wildman–Crippen LogP) is 5.70. The quantitative estimate of drug-likeness (QED) is 0.407. The first-order chi connectivity index (χ1) is 14.7. The van der Waals surface area contributed by atoms with Gasteiger partial charge in [0.2, 0.25) is 0 Å². The van der Waals surface area contributed by atoms with E-state index in [4.69, 9.17) is 4.98 Å². The van der Waals surface area contributed by atoms with E-state index in [-0.39, 0.29) is 11.8 Å². The number of rotatable bonds is 4. The first kappa shape index (κ1) is 18.3. The molecule has 0 saturated heterocycles. The molecule has 5 heteroatoms. The smallest absolute Gasteiger partial charge is 0.266 e. The molecule has 144 valence electrons. The maximum Gasteiger partial charge on any atom is 0.266 e. The average Bonchev–Trinajstić information content (AvgIpc) is 3.05. The minimum Gasteiger partial charge on any atom is -0.268 e. The van der Waals surface area contributed by atoms with Crippen LogP contribution >= 0.6 is 11.8 Å². The maximum absolute atomic E-state index is 13.0. The van der Waals surface area contributed by atoms with Crippen LogP contribution in [0.2, 0.25) is 0 Å². The van der Waals surface area contributed by atoms with Crippen LogP contribution in [0.25, 0.3) is 11.3 Å². The first-order valence-electron chi connectivity index (χ1n) is 9.49. The van der Waals surface area contributed by atoms with Gasteiger partial charge in [-0.15, -0.1) is 0 Å². The van der Waals surface area contributed by atoms with Gasteiger partial charge >= 0.3 is 0 Å². The van der Waals surface area contributed by atoms with Crippen LogP contribution in [0.15, 0.2) is 107 Å². The van der Waals surface area contributed by atoms with Gasteiger partial charge in [0, 0.05) is 10.5 Å². The lowest BCUT2D eigenvalue weighted by molar-refractivity contribution is 0.0926. The lowest BCUT2D eigenvalue weighted by Crippen LogP contribution is -2.30. The molecule has 0 spiro atoms. The molecule has 0 saturated carbocycles. The van der Waals surface area contributed by atoms with Crippen molar-refractivity contribution in [3.05, 3.63) is 108 Å². The molecular formula is C25H16N2O2S. The third kappa shape index (κ3) is 3.19. The second-order valence-corrected chi connectivity index (χ2v) is 7.88. The zero-order chi connectivity index (χ0) is 20.5. The number of imide groups is 1. The van der Waals surface area contributed by atoms with Crippen LogP contribution in [0, 0.1) is 0 Å². The van der Waals surface area contributed by atoms with Crippen LogP contribution in [0.1, 0.15) is 20.7 Å². The molecular weight excluding hydrogens is 392 g/mol. The van der Waals surface area contributed by atoms with E-state index in [0.29, 0.717) is 22.5 Å². The van der Waals surface area contributed by atoms with E-state index in [9.17, 15) is 9.59 Å². The number of hydrogen-bond donors (Lipinski definition) is 0. The van der Waals surface area contributed by atoms with Crippen LogP contribution in [0.4, 0.5) is 5.69 Å². The average molecular weight is 408 g/mol. The van der Waals surface area contributed by atoms with Gasteiger partial charge in [0.25, 0.3) is 11.8 Å². The number of carbonyl (C=O) groups excluding carboxylic acids is 2. The number of benzene rings is 3. The zero-order valence-corrected chi connectivity index (χ0v) is 16.7. The molecule has 0 fully saturated rings. The summed E-state index contributed by atoms with van der Waals surface area (Å²) in [4.78, 5) is 33.2. The number of amides is 2. The largest absolute Gasteiger partial charge is 0.268 e. The lowest BCUT2D eigenvalue weighted by Gasteiger charge is -2.18. The summed E-state index contributed by atoms with van der Waals surface area (Å²) < 4.78 is 0. The molecule has 5 rings (SSSR count). The van der Waals surface area contributed by atoms with Crippen LogP contribution in [0.3, 0.4) is 0 Å². The minimum atomic E-state index is -0.321. The molecule has 30 heavy (non-hydrogen) atoms. The Morgan fingerprint density at radius 1 is 0.633 bits per heavy atom. The van der Waals surface area contributed by atoms with E-state index >= 15 is 0 Å².